The fraction of sp³-hybridized carbons (Fsp3) is 0.542. The van der Waals surface area contributed by atoms with Gasteiger partial charge in [0.25, 0.3) is 5.91 Å². The number of carbonyl (C=O) groups is 1. The molecule has 31 heavy (non-hydrogen) atoms. The molecule has 0 spiro atoms. The number of carbonyl (C=O) groups excluding carboxylic acids is 1. The van der Waals surface area contributed by atoms with E-state index in [2.05, 4.69) is 10.2 Å². The van der Waals surface area contributed by atoms with Crippen molar-refractivity contribution in [1.82, 2.24) is 10.2 Å². The Bertz CT molecular complexity index is 853. The van der Waals surface area contributed by atoms with Gasteiger partial charge in [-0.3, -0.25) is 4.79 Å². The van der Waals surface area contributed by atoms with Crippen LogP contribution in [0, 0.1) is 5.41 Å². The zero-order valence-corrected chi connectivity index (χ0v) is 18.2. The molecule has 7 nitrogen and oxygen atoms in total. The highest BCUT2D eigenvalue weighted by molar-refractivity contribution is 5.91. The molecule has 4 rings (SSSR count). The van der Waals surface area contributed by atoms with Gasteiger partial charge in [0, 0.05) is 31.7 Å². The average molecular weight is 429 g/mol. The Morgan fingerprint density at radius 3 is 2.58 bits per heavy atom. The van der Waals surface area contributed by atoms with Gasteiger partial charge in [-0.2, -0.15) is 0 Å². The maximum absolute atomic E-state index is 12.7. The molecule has 2 aromatic rings. The maximum atomic E-state index is 12.7. The van der Waals surface area contributed by atoms with Gasteiger partial charge in [0.2, 0.25) is 0 Å². The van der Waals surface area contributed by atoms with Gasteiger partial charge < -0.3 is 28.8 Å². The zero-order chi connectivity index (χ0) is 21.5. The summed E-state index contributed by atoms with van der Waals surface area (Å²) in [5.74, 6) is 2.01. The molecule has 0 unspecified atom stereocenters. The van der Waals surface area contributed by atoms with Crippen LogP contribution in [0.1, 0.15) is 42.0 Å². The first-order valence-corrected chi connectivity index (χ1v) is 11.1. The third-order valence-electron chi connectivity index (χ3n) is 6.26. The smallest absolute Gasteiger partial charge is 0.287 e. The highest BCUT2D eigenvalue weighted by atomic mass is 16.5. The predicted octanol–water partition coefficient (Wildman–Crippen LogP) is 3.49. The van der Waals surface area contributed by atoms with Gasteiger partial charge in [0.15, 0.2) is 17.3 Å². The van der Waals surface area contributed by atoms with E-state index in [1.54, 1.807) is 19.2 Å². The minimum Gasteiger partial charge on any atom is -0.493 e. The lowest BCUT2D eigenvalue weighted by Crippen LogP contribution is -2.48. The lowest BCUT2D eigenvalue weighted by Gasteiger charge is -2.40. The molecular weight excluding hydrogens is 396 g/mol. The molecule has 168 valence electrons. The number of benzene rings is 1. The van der Waals surface area contributed by atoms with Gasteiger partial charge in [-0.1, -0.05) is 12.1 Å². The summed E-state index contributed by atoms with van der Waals surface area (Å²) >= 11 is 0. The highest BCUT2D eigenvalue weighted by Crippen LogP contribution is 2.32. The van der Waals surface area contributed by atoms with Crippen LogP contribution in [0.15, 0.2) is 40.8 Å². The quantitative estimate of drug-likeness (QED) is 0.659. The van der Waals surface area contributed by atoms with Crippen LogP contribution in [0.5, 0.6) is 11.5 Å². The van der Waals surface area contributed by atoms with E-state index in [0.717, 1.165) is 45.7 Å². The van der Waals surface area contributed by atoms with Gasteiger partial charge >= 0.3 is 0 Å². The van der Waals surface area contributed by atoms with E-state index in [9.17, 15) is 4.79 Å². The second-order valence-corrected chi connectivity index (χ2v) is 8.48. The topological polar surface area (TPSA) is 73.2 Å². The minimum absolute atomic E-state index is 0.0701. The Morgan fingerprint density at radius 1 is 1.10 bits per heavy atom. The van der Waals surface area contributed by atoms with Crippen LogP contribution < -0.4 is 14.8 Å². The van der Waals surface area contributed by atoms with Crippen molar-refractivity contribution in [3.63, 3.8) is 0 Å². The molecule has 1 aromatic carbocycles. The van der Waals surface area contributed by atoms with E-state index in [1.807, 2.05) is 24.3 Å². The van der Waals surface area contributed by atoms with E-state index >= 15 is 0 Å². The molecule has 7 heteroatoms. The summed E-state index contributed by atoms with van der Waals surface area (Å²) in [5, 5.41) is 3.11. The third-order valence-corrected chi connectivity index (χ3v) is 6.26. The van der Waals surface area contributed by atoms with E-state index in [1.165, 1.54) is 12.8 Å². The van der Waals surface area contributed by atoms with Crippen LogP contribution in [0.4, 0.5) is 0 Å². The molecule has 2 saturated heterocycles. The van der Waals surface area contributed by atoms with Crippen molar-refractivity contribution < 1.29 is 23.4 Å². The summed E-state index contributed by atoms with van der Waals surface area (Å²) in [6.07, 6.45) is 4.48. The Morgan fingerprint density at radius 2 is 1.84 bits per heavy atom. The van der Waals surface area contributed by atoms with Crippen molar-refractivity contribution in [1.29, 1.82) is 0 Å². The first-order valence-electron chi connectivity index (χ1n) is 11.1. The summed E-state index contributed by atoms with van der Waals surface area (Å²) in [7, 11) is 1.60. The number of rotatable bonds is 9. The summed E-state index contributed by atoms with van der Waals surface area (Å²) < 4.78 is 22.4. The number of likely N-dealkylation sites (tertiary alicyclic amines) is 1. The molecule has 1 N–H and O–H groups in total. The monoisotopic (exact) mass is 428 g/mol. The van der Waals surface area contributed by atoms with Crippen LogP contribution in [-0.2, 0) is 11.3 Å². The number of nitrogens with zero attached hydrogens (tertiary/aromatic N) is 1. The zero-order valence-electron chi connectivity index (χ0n) is 18.2. The number of furan rings is 1. The number of methoxy groups -OCH3 is 1. The van der Waals surface area contributed by atoms with E-state index in [0.29, 0.717) is 29.6 Å². The Hall–Kier alpha value is -2.51. The molecule has 2 aliphatic heterocycles. The number of hydrogen-bond acceptors (Lipinski definition) is 6. The van der Waals surface area contributed by atoms with Gasteiger partial charge in [0.1, 0.15) is 12.4 Å². The van der Waals surface area contributed by atoms with Crippen LogP contribution in [0.2, 0.25) is 0 Å². The van der Waals surface area contributed by atoms with Gasteiger partial charge in [-0.15, -0.1) is 0 Å². The largest absolute Gasteiger partial charge is 0.493 e. The predicted molar refractivity (Wildman–Crippen MR) is 117 cm³/mol. The fourth-order valence-electron chi connectivity index (χ4n) is 4.43. The van der Waals surface area contributed by atoms with Crippen molar-refractivity contribution >= 4 is 5.91 Å². The van der Waals surface area contributed by atoms with E-state index in [-0.39, 0.29) is 17.9 Å². The summed E-state index contributed by atoms with van der Waals surface area (Å²) in [6, 6.07) is 10.9. The number of amides is 1. The van der Waals surface area contributed by atoms with Crippen molar-refractivity contribution in [3.05, 3.63) is 47.9 Å². The lowest BCUT2D eigenvalue weighted by molar-refractivity contribution is -0.000762. The summed E-state index contributed by atoms with van der Waals surface area (Å²) in [5.41, 5.74) is 0.0701. The van der Waals surface area contributed by atoms with Crippen LogP contribution in [0.3, 0.4) is 0 Å². The number of ether oxygens (including phenoxy) is 3. The van der Waals surface area contributed by atoms with E-state index < -0.39 is 0 Å². The molecular formula is C24H32N2O5. The second kappa shape index (κ2) is 10.2. The number of hydrogen-bond donors (Lipinski definition) is 1. The van der Waals surface area contributed by atoms with Crippen LogP contribution in [-0.4, -0.2) is 57.3 Å². The molecule has 0 saturated carbocycles. The first-order chi connectivity index (χ1) is 15.2. The number of para-hydroxylation sites is 2. The molecule has 1 amide bonds. The van der Waals surface area contributed by atoms with Crippen molar-refractivity contribution in [2.24, 2.45) is 5.41 Å². The average Bonchev–Trinajstić information content (AvgIpc) is 3.49. The highest BCUT2D eigenvalue weighted by Gasteiger charge is 2.35. The molecule has 0 radical (unpaired) electrons. The minimum atomic E-state index is -0.184. The molecule has 2 fully saturated rings. The summed E-state index contributed by atoms with van der Waals surface area (Å²) in [6.45, 7) is 5.72. The molecule has 2 aliphatic rings. The van der Waals surface area contributed by atoms with Crippen molar-refractivity contribution in [2.45, 2.75) is 32.3 Å². The molecule has 1 aromatic heterocycles. The standard InChI is InChI=1S/C24H32N2O5/c1-28-20-6-2-3-7-21(20)30-16-19-8-9-22(31-19)23(27)25-17-24(10-14-29-15-11-24)18-26-12-4-5-13-26/h2-3,6-9H,4-5,10-18H2,1H3,(H,25,27). The molecule has 3 heterocycles. The SMILES string of the molecule is COc1ccccc1OCc1ccc(C(=O)NCC2(CN3CCCC3)CCOCC2)o1. The Labute approximate surface area is 183 Å². The van der Waals surface area contributed by atoms with E-state index in [4.69, 9.17) is 18.6 Å². The molecule has 0 aliphatic carbocycles. The van der Waals surface area contributed by atoms with Crippen molar-refractivity contribution in [3.8, 4) is 11.5 Å². The fourth-order valence-corrected chi connectivity index (χ4v) is 4.43. The number of nitrogens with one attached hydrogen (secondary N) is 1. The van der Waals surface area contributed by atoms with Gasteiger partial charge in [-0.05, 0) is 63.0 Å². The molecule has 0 bridgehead atoms. The first kappa shape index (κ1) is 21.7. The lowest BCUT2D eigenvalue weighted by atomic mass is 9.79. The second-order valence-electron chi connectivity index (χ2n) is 8.48. The van der Waals surface area contributed by atoms with Gasteiger partial charge in [-0.25, -0.2) is 0 Å². The Balaban J connectivity index is 1.32. The third kappa shape index (κ3) is 5.60. The van der Waals surface area contributed by atoms with Crippen LogP contribution in [0.25, 0.3) is 0 Å². The van der Waals surface area contributed by atoms with Crippen LogP contribution >= 0.6 is 0 Å². The Kier molecular flexibility index (Phi) is 7.14. The normalized spacial score (nSPS) is 18.6. The molecule has 0 atom stereocenters. The van der Waals surface area contributed by atoms with Crippen molar-refractivity contribution in [2.75, 3.05) is 46.5 Å². The summed E-state index contributed by atoms with van der Waals surface area (Å²) in [4.78, 5) is 15.3. The van der Waals surface area contributed by atoms with Gasteiger partial charge in [0.05, 0.1) is 7.11 Å². The maximum Gasteiger partial charge on any atom is 0.287 e.